The summed E-state index contributed by atoms with van der Waals surface area (Å²) in [6.07, 6.45) is 1.38. The minimum Gasteiger partial charge on any atom is -0.373 e. The Balaban J connectivity index is 0.000000211. The number of rotatable bonds is 4. The molecule has 0 saturated carbocycles. The van der Waals surface area contributed by atoms with E-state index in [2.05, 4.69) is 21.8 Å². The number of benzene rings is 3. The topological polar surface area (TPSA) is 144 Å². The minimum atomic E-state index is -1.77. The molecule has 18 heteroatoms. The predicted octanol–water partition coefficient (Wildman–Crippen LogP) is 5.18. The van der Waals surface area contributed by atoms with Crippen LogP contribution in [-0.4, -0.2) is 97.1 Å². The second kappa shape index (κ2) is 13.6. The number of likely N-dealkylation sites (N-methyl/N-ethyl adjacent to an activating group) is 1. The van der Waals surface area contributed by atoms with E-state index in [1.54, 1.807) is 31.3 Å². The lowest BCUT2D eigenvalue weighted by Crippen LogP contribution is -2.42. The van der Waals surface area contributed by atoms with Crippen LogP contribution in [0.2, 0.25) is 5.02 Å². The van der Waals surface area contributed by atoms with E-state index in [1.165, 1.54) is 40.9 Å². The van der Waals surface area contributed by atoms with Gasteiger partial charge in [-0.05, 0) is 26.1 Å². The zero-order chi connectivity index (χ0) is 36.9. The first kappa shape index (κ1) is 35.3. The van der Waals surface area contributed by atoms with Crippen LogP contribution in [0, 0.1) is 37.7 Å². The summed E-state index contributed by atoms with van der Waals surface area (Å²) >= 11 is 6.43. The number of nitro benzene ring substituents is 2. The normalized spacial score (nSPS) is 19.2. The van der Waals surface area contributed by atoms with Gasteiger partial charge in [-0.2, -0.15) is 8.78 Å². The fraction of sp³-hybridized carbons (Fsp3) is 0.303. The fourth-order valence-corrected chi connectivity index (χ4v) is 6.46. The number of hydrogen-bond donors (Lipinski definition) is 0. The van der Waals surface area contributed by atoms with Crippen LogP contribution >= 0.6 is 11.6 Å². The van der Waals surface area contributed by atoms with Gasteiger partial charge in [-0.25, -0.2) is 9.38 Å². The molecule has 1 fully saturated rings. The Kier molecular flexibility index (Phi) is 9.43. The van der Waals surface area contributed by atoms with Gasteiger partial charge in [-0.15, -0.1) is 0 Å². The van der Waals surface area contributed by atoms with Crippen molar-refractivity contribution in [3.63, 3.8) is 0 Å². The van der Waals surface area contributed by atoms with Gasteiger partial charge in [0, 0.05) is 74.8 Å². The van der Waals surface area contributed by atoms with Gasteiger partial charge in [-0.1, -0.05) is 29.8 Å². The molecule has 1 atom stereocenters. The molecule has 0 spiro atoms. The van der Waals surface area contributed by atoms with Crippen LogP contribution in [-0.2, 0) is 4.79 Å². The molecule has 4 aliphatic heterocycles. The van der Waals surface area contributed by atoms with Gasteiger partial charge in [-0.3, -0.25) is 34.9 Å². The van der Waals surface area contributed by atoms with E-state index in [0.29, 0.717) is 39.1 Å². The molecule has 3 aromatic carbocycles. The molecular formula is C33H31ClF3N9O5. The van der Waals surface area contributed by atoms with Crippen LogP contribution in [0.15, 0.2) is 64.3 Å². The Morgan fingerprint density at radius 3 is 2.16 bits per heavy atom. The Labute approximate surface area is 294 Å². The molecule has 4 heterocycles. The zero-order valence-corrected chi connectivity index (χ0v) is 28.6. The number of carbonyl (C=O) groups is 1. The lowest BCUT2D eigenvalue weighted by atomic mass is 9.99. The summed E-state index contributed by atoms with van der Waals surface area (Å²) in [4.78, 5) is 51.6. The average molecular weight is 726 g/mol. The summed E-state index contributed by atoms with van der Waals surface area (Å²) in [5.74, 6) is -4.32. The number of hydrogen-bond acceptors (Lipinski definition) is 11. The van der Waals surface area contributed by atoms with Crippen molar-refractivity contribution in [3.05, 3.63) is 108 Å². The standard InChI is InChI=1S/C23H21ClN6O3.C10H10F3N3O2/c1-27-8-10-28(11-9-27)14-19-23(31)29-20-7-6-15(30(32)33)12-17(20)22(25-13-21(29)26-19)16-4-2-3-5-18(16)24;1-4-14(2)9-6(12)5(11)8(16(17)18)7(13)10(9)15(4)3/h2-7,12,14H,8-11,13H2,1H3;4H,1-3H3/b19-14-;. The number of halogens is 4. The molecule has 4 aliphatic rings. The van der Waals surface area contributed by atoms with Crippen molar-refractivity contribution < 1.29 is 27.8 Å². The maximum Gasteiger partial charge on any atom is 0.345 e. The second-order valence-electron chi connectivity index (χ2n) is 12.2. The molecule has 0 radical (unpaired) electrons. The highest BCUT2D eigenvalue weighted by Crippen LogP contribution is 2.46. The van der Waals surface area contributed by atoms with Gasteiger partial charge in [0.15, 0.2) is 5.82 Å². The SMILES string of the molecule is CC1N(C)c2c(F)c(F)c([N+](=O)[O-])c(F)c2N1C.CN1CCN(/C=C2\N=C3CN=C(c4ccccc4Cl)c4cc([N+](=O)[O-])ccc4N3C2=O)CC1. The molecule has 14 nitrogen and oxygen atoms in total. The second-order valence-corrected chi connectivity index (χ2v) is 12.6. The maximum absolute atomic E-state index is 13.9. The van der Waals surface area contributed by atoms with Crippen molar-refractivity contribution in [2.75, 3.05) is 68.6 Å². The van der Waals surface area contributed by atoms with E-state index in [0.717, 1.165) is 26.2 Å². The molecule has 1 unspecified atom stereocenters. The first-order valence-corrected chi connectivity index (χ1v) is 16.0. The molecule has 266 valence electrons. The lowest BCUT2D eigenvalue weighted by molar-refractivity contribution is -0.390. The first-order valence-electron chi connectivity index (χ1n) is 15.7. The van der Waals surface area contributed by atoms with Crippen LogP contribution in [0.1, 0.15) is 18.1 Å². The molecule has 7 rings (SSSR count). The molecule has 1 saturated heterocycles. The summed E-state index contributed by atoms with van der Waals surface area (Å²) < 4.78 is 41.2. The van der Waals surface area contributed by atoms with Gasteiger partial charge in [0.2, 0.25) is 11.6 Å². The molecule has 0 aromatic heterocycles. The van der Waals surface area contributed by atoms with E-state index >= 15 is 0 Å². The Bertz CT molecular complexity index is 2070. The highest BCUT2D eigenvalue weighted by molar-refractivity contribution is 6.37. The quantitative estimate of drug-likeness (QED) is 0.154. The first-order chi connectivity index (χ1) is 24.2. The highest BCUT2D eigenvalue weighted by atomic mass is 35.5. The van der Waals surface area contributed by atoms with Crippen LogP contribution in [0.4, 0.5) is 41.6 Å². The molecular weight excluding hydrogens is 695 g/mol. The number of aliphatic imine (C=N–C) groups is 2. The molecule has 51 heavy (non-hydrogen) atoms. The summed E-state index contributed by atoms with van der Waals surface area (Å²) in [5, 5.41) is 22.6. The zero-order valence-electron chi connectivity index (χ0n) is 27.8. The Morgan fingerprint density at radius 2 is 1.53 bits per heavy atom. The van der Waals surface area contributed by atoms with E-state index in [-0.39, 0.29) is 29.5 Å². The number of carbonyl (C=O) groups excluding carboxylic acids is 1. The lowest BCUT2D eigenvalue weighted by Gasteiger charge is -2.31. The molecule has 0 aliphatic carbocycles. The number of amidine groups is 1. The number of fused-ring (bicyclic) bond motifs is 4. The van der Waals surface area contributed by atoms with Crippen molar-refractivity contribution in [3.8, 4) is 0 Å². The third-order valence-corrected chi connectivity index (χ3v) is 9.55. The molecule has 3 aromatic rings. The predicted molar refractivity (Wildman–Crippen MR) is 186 cm³/mol. The van der Waals surface area contributed by atoms with Crippen molar-refractivity contribution in [2.45, 2.75) is 13.1 Å². The Hall–Kier alpha value is -5.55. The summed E-state index contributed by atoms with van der Waals surface area (Å²) in [7, 11) is 4.98. The highest BCUT2D eigenvalue weighted by Gasteiger charge is 2.42. The van der Waals surface area contributed by atoms with Crippen LogP contribution in [0.5, 0.6) is 0 Å². The smallest absolute Gasteiger partial charge is 0.345 e. The van der Waals surface area contributed by atoms with Gasteiger partial charge in [0.05, 0.1) is 34.0 Å². The van der Waals surface area contributed by atoms with Crippen molar-refractivity contribution in [2.24, 2.45) is 9.98 Å². The van der Waals surface area contributed by atoms with E-state index < -0.39 is 39.2 Å². The summed E-state index contributed by atoms with van der Waals surface area (Å²) in [6, 6.07) is 11.6. The van der Waals surface area contributed by atoms with E-state index in [4.69, 9.17) is 16.6 Å². The summed E-state index contributed by atoms with van der Waals surface area (Å²) in [6.45, 7) is 5.25. The Morgan fingerprint density at radius 1 is 0.882 bits per heavy atom. The summed E-state index contributed by atoms with van der Waals surface area (Å²) in [5.41, 5.74) is 0.307. The number of anilines is 3. The monoisotopic (exact) mass is 725 g/mol. The van der Waals surface area contributed by atoms with Crippen LogP contribution in [0.25, 0.3) is 0 Å². The largest absolute Gasteiger partial charge is 0.373 e. The van der Waals surface area contributed by atoms with Crippen molar-refractivity contribution >= 4 is 57.5 Å². The van der Waals surface area contributed by atoms with E-state index in [9.17, 15) is 38.2 Å². The van der Waals surface area contributed by atoms with Gasteiger partial charge < -0.3 is 19.6 Å². The number of nitrogens with zero attached hydrogens (tertiary/aromatic N) is 9. The van der Waals surface area contributed by atoms with E-state index in [1.807, 2.05) is 12.1 Å². The van der Waals surface area contributed by atoms with Crippen molar-refractivity contribution in [1.29, 1.82) is 0 Å². The maximum atomic E-state index is 13.9. The van der Waals surface area contributed by atoms with Gasteiger partial charge in [0.25, 0.3) is 11.6 Å². The third kappa shape index (κ3) is 6.22. The third-order valence-electron chi connectivity index (χ3n) is 9.22. The fourth-order valence-electron chi connectivity index (χ4n) is 6.23. The number of nitro groups is 2. The van der Waals surface area contributed by atoms with Gasteiger partial charge >= 0.3 is 5.69 Å². The number of piperazine rings is 1. The molecule has 0 N–H and O–H groups in total. The van der Waals surface area contributed by atoms with Crippen molar-refractivity contribution in [1.82, 2.24) is 9.80 Å². The van der Waals surface area contributed by atoms with Crippen LogP contribution in [0.3, 0.4) is 0 Å². The molecule has 1 amide bonds. The number of non-ortho nitro benzene ring substituents is 1. The van der Waals surface area contributed by atoms with Crippen LogP contribution < -0.4 is 14.7 Å². The van der Waals surface area contributed by atoms with Gasteiger partial charge in [0.1, 0.15) is 22.9 Å². The minimum absolute atomic E-state index is 0.0891. The molecule has 0 bridgehead atoms. The number of amides is 1. The average Bonchev–Trinajstić information content (AvgIpc) is 3.45.